The summed E-state index contributed by atoms with van der Waals surface area (Å²) in [7, 11) is 3.43. The molecule has 0 spiro atoms. The van der Waals surface area contributed by atoms with Crippen LogP contribution in [0.3, 0.4) is 0 Å². The molecule has 94 valence electrons. The van der Waals surface area contributed by atoms with E-state index in [1.807, 2.05) is 18.4 Å². The number of rotatable bonds is 6. The Hall–Kier alpha value is -0.810. The molecular formula is C12H16O3S2. The molecule has 0 heterocycles. The highest BCUT2D eigenvalue weighted by atomic mass is 33.1. The van der Waals surface area contributed by atoms with Crippen LogP contribution in [0.5, 0.6) is 0 Å². The summed E-state index contributed by atoms with van der Waals surface area (Å²) in [6.45, 7) is 1.78. The SMILES string of the molecule is CSSc1ccccc1CCC(C)OC(=O)O. The van der Waals surface area contributed by atoms with E-state index < -0.39 is 6.16 Å². The molecule has 1 aromatic carbocycles. The van der Waals surface area contributed by atoms with Crippen molar-refractivity contribution in [3.8, 4) is 0 Å². The molecule has 5 heteroatoms. The van der Waals surface area contributed by atoms with Crippen LogP contribution in [0.4, 0.5) is 4.79 Å². The Bertz CT molecular complexity index is 369. The fourth-order valence-corrected chi connectivity index (χ4v) is 3.09. The minimum Gasteiger partial charge on any atom is -0.450 e. The maximum Gasteiger partial charge on any atom is 0.506 e. The molecular weight excluding hydrogens is 256 g/mol. The lowest BCUT2D eigenvalue weighted by Gasteiger charge is -2.12. The van der Waals surface area contributed by atoms with Gasteiger partial charge in [-0.05, 0) is 37.7 Å². The lowest BCUT2D eigenvalue weighted by molar-refractivity contribution is 0.0559. The standard InChI is InChI=1S/C12H16O3S2/c1-9(15-12(13)14)7-8-10-5-3-4-6-11(10)17-16-2/h3-6,9H,7-8H2,1-2H3,(H,13,14). The van der Waals surface area contributed by atoms with Crippen LogP contribution in [-0.4, -0.2) is 23.6 Å². The number of ether oxygens (including phenoxy) is 1. The van der Waals surface area contributed by atoms with Crippen molar-refractivity contribution in [2.24, 2.45) is 0 Å². The van der Waals surface area contributed by atoms with E-state index in [2.05, 4.69) is 16.9 Å². The molecule has 0 amide bonds. The number of aryl methyl sites for hydroxylation is 1. The molecule has 17 heavy (non-hydrogen) atoms. The third-order valence-corrected chi connectivity index (χ3v) is 4.05. The Balaban J connectivity index is 2.53. The van der Waals surface area contributed by atoms with Gasteiger partial charge in [-0.1, -0.05) is 39.8 Å². The van der Waals surface area contributed by atoms with Crippen molar-refractivity contribution in [2.45, 2.75) is 30.8 Å². The molecule has 0 aromatic heterocycles. The first-order chi connectivity index (χ1) is 8.13. The van der Waals surface area contributed by atoms with Gasteiger partial charge >= 0.3 is 6.16 Å². The first kappa shape index (κ1) is 14.3. The Kier molecular flexibility index (Phi) is 6.29. The minimum absolute atomic E-state index is 0.264. The highest BCUT2D eigenvalue weighted by Crippen LogP contribution is 2.32. The number of carboxylic acid groups (broad SMARTS) is 1. The average Bonchev–Trinajstić information content (AvgIpc) is 2.27. The molecule has 1 rings (SSSR count). The van der Waals surface area contributed by atoms with Crippen LogP contribution in [0.1, 0.15) is 18.9 Å². The molecule has 3 nitrogen and oxygen atoms in total. The second-order valence-corrected chi connectivity index (χ2v) is 6.03. The van der Waals surface area contributed by atoms with Crippen LogP contribution in [0, 0.1) is 0 Å². The summed E-state index contributed by atoms with van der Waals surface area (Å²) in [5, 5.41) is 8.49. The van der Waals surface area contributed by atoms with Gasteiger partial charge in [-0.2, -0.15) is 0 Å². The molecule has 0 aliphatic heterocycles. The van der Waals surface area contributed by atoms with Crippen molar-refractivity contribution >= 4 is 27.7 Å². The van der Waals surface area contributed by atoms with E-state index >= 15 is 0 Å². The first-order valence-corrected chi connectivity index (χ1v) is 7.87. The summed E-state index contributed by atoms with van der Waals surface area (Å²) in [6.07, 6.45) is 2.11. The fraction of sp³-hybridized carbons (Fsp3) is 0.417. The number of hydrogen-bond donors (Lipinski definition) is 1. The summed E-state index contributed by atoms with van der Waals surface area (Å²) in [4.78, 5) is 11.6. The van der Waals surface area contributed by atoms with Crippen LogP contribution in [0.15, 0.2) is 29.2 Å². The van der Waals surface area contributed by atoms with E-state index in [0.717, 1.165) is 6.42 Å². The summed E-state index contributed by atoms with van der Waals surface area (Å²) < 4.78 is 4.68. The van der Waals surface area contributed by atoms with E-state index in [1.165, 1.54) is 10.5 Å². The Morgan fingerprint density at radius 3 is 2.82 bits per heavy atom. The summed E-state index contributed by atoms with van der Waals surface area (Å²) in [5.74, 6) is 0. The lowest BCUT2D eigenvalue weighted by Crippen LogP contribution is -2.13. The van der Waals surface area contributed by atoms with Gasteiger partial charge in [-0.3, -0.25) is 0 Å². The zero-order valence-corrected chi connectivity index (χ0v) is 11.5. The monoisotopic (exact) mass is 272 g/mol. The second-order valence-electron chi connectivity index (χ2n) is 3.59. The van der Waals surface area contributed by atoms with Crippen molar-refractivity contribution in [1.82, 2.24) is 0 Å². The molecule has 0 bridgehead atoms. The van der Waals surface area contributed by atoms with Crippen LogP contribution in [0.25, 0.3) is 0 Å². The zero-order chi connectivity index (χ0) is 12.7. The lowest BCUT2D eigenvalue weighted by atomic mass is 10.1. The Labute approximate surface area is 109 Å². The van der Waals surface area contributed by atoms with Gasteiger partial charge in [0.05, 0.1) is 0 Å². The maximum atomic E-state index is 10.4. The molecule has 0 aliphatic rings. The molecule has 0 fully saturated rings. The van der Waals surface area contributed by atoms with E-state index in [4.69, 9.17) is 5.11 Å². The third kappa shape index (κ3) is 5.37. The van der Waals surface area contributed by atoms with Gasteiger partial charge in [-0.15, -0.1) is 0 Å². The topological polar surface area (TPSA) is 46.5 Å². The number of benzene rings is 1. The van der Waals surface area contributed by atoms with Gasteiger partial charge in [0.15, 0.2) is 0 Å². The van der Waals surface area contributed by atoms with Crippen LogP contribution in [0.2, 0.25) is 0 Å². The summed E-state index contributed by atoms with van der Waals surface area (Å²) in [6, 6.07) is 8.17. The molecule has 0 aliphatic carbocycles. The second kappa shape index (κ2) is 7.50. The van der Waals surface area contributed by atoms with Crippen LogP contribution < -0.4 is 0 Å². The van der Waals surface area contributed by atoms with Gasteiger partial charge < -0.3 is 9.84 Å². The fourth-order valence-electron chi connectivity index (χ4n) is 1.47. The molecule has 0 radical (unpaired) electrons. The highest BCUT2D eigenvalue weighted by Gasteiger charge is 2.09. The molecule has 0 saturated heterocycles. The van der Waals surface area contributed by atoms with Crippen molar-refractivity contribution in [3.05, 3.63) is 29.8 Å². The predicted octanol–water partition coefficient (Wildman–Crippen LogP) is 4.07. The van der Waals surface area contributed by atoms with E-state index in [-0.39, 0.29) is 6.10 Å². The van der Waals surface area contributed by atoms with Crippen molar-refractivity contribution < 1.29 is 14.6 Å². The predicted molar refractivity (Wildman–Crippen MR) is 72.7 cm³/mol. The van der Waals surface area contributed by atoms with Gasteiger partial charge in [0.1, 0.15) is 6.10 Å². The van der Waals surface area contributed by atoms with Crippen LogP contribution in [-0.2, 0) is 11.2 Å². The third-order valence-electron chi connectivity index (χ3n) is 2.27. The van der Waals surface area contributed by atoms with E-state index in [0.29, 0.717) is 6.42 Å². The van der Waals surface area contributed by atoms with Gasteiger partial charge in [-0.25, -0.2) is 4.79 Å². The quantitative estimate of drug-likeness (QED) is 0.624. The molecule has 1 unspecified atom stereocenters. The normalized spacial score (nSPS) is 12.1. The van der Waals surface area contributed by atoms with Crippen molar-refractivity contribution in [2.75, 3.05) is 6.26 Å². The van der Waals surface area contributed by atoms with E-state index in [9.17, 15) is 4.79 Å². The van der Waals surface area contributed by atoms with Gasteiger partial charge in [0, 0.05) is 4.90 Å². The Morgan fingerprint density at radius 2 is 2.18 bits per heavy atom. The molecule has 1 N–H and O–H groups in total. The molecule has 0 saturated carbocycles. The highest BCUT2D eigenvalue weighted by molar-refractivity contribution is 8.76. The zero-order valence-electron chi connectivity index (χ0n) is 9.88. The summed E-state index contributed by atoms with van der Waals surface area (Å²) in [5.41, 5.74) is 1.24. The minimum atomic E-state index is -1.20. The average molecular weight is 272 g/mol. The van der Waals surface area contributed by atoms with Crippen LogP contribution >= 0.6 is 21.6 Å². The van der Waals surface area contributed by atoms with Gasteiger partial charge in [0.2, 0.25) is 0 Å². The summed E-state index contributed by atoms with van der Waals surface area (Å²) >= 11 is 0. The largest absolute Gasteiger partial charge is 0.506 e. The van der Waals surface area contributed by atoms with Crippen molar-refractivity contribution in [3.63, 3.8) is 0 Å². The van der Waals surface area contributed by atoms with Gasteiger partial charge in [0.25, 0.3) is 0 Å². The molecule has 1 atom stereocenters. The number of carbonyl (C=O) groups is 1. The number of hydrogen-bond acceptors (Lipinski definition) is 4. The Morgan fingerprint density at radius 1 is 1.47 bits per heavy atom. The van der Waals surface area contributed by atoms with Crippen molar-refractivity contribution in [1.29, 1.82) is 0 Å². The maximum absolute atomic E-state index is 10.4. The smallest absolute Gasteiger partial charge is 0.450 e. The first-order valence-electron chi connectivity index (χ1n) is 5.31. The molecule has 1 aromatic rings. The van der Waals surface area contributed by atoms with E-state index in [1.54, 1.807) is 28.5 Å².